The number of carbonyl (C=O) groups excluding carboxylic acids is 1. The quantitative estimate of drug-likeness (QED) is 0.768. The highest BCUT2D eigenvalue weighted by Crippen LogP contribution is 2.07. The van der Waals surface area contributed by atoms with Crippen molar-refractivity contribution < 1.29 is 4.79 Å². The standard InChI is InChI=1S/C11H12N4OS/c1-3-5-7-15(6-4-2)8-10(16)13-11-14-12-9-17-11/h2,9H,6-8H2,1H3,(H,13,14,16). The molecule has 1 N–H and O–H groups in total. The lowest BCUT2D eigenvalue weighted by atomic mass is 10.4. The van der Waals surface area contributed by atoms with Gasteiger partial charge in [-0.15, -0.1) is 22.5 Å². The number of anilines is 1. The van der Waals surface area contributed by atoms with Crippen molar-refractivity contribution in [2.45, 2.75) is 6.92 Å². The van der Waals surface area contributed by atoms with Crippen LogP contribution in [0.2, 0.25) is 0 Å². The molecule has 0 atom stereocenters. The maximum atomic E-state index is 11.6. The molecule has 1 aromatic rings. The average Bonchev–Trinajstić information content (AvgIpc) is 2.78. The van der Waals surface area contributed by atoms with E-state index in [0.717, 1.165) is 0 Å². The zero-order valence-corrected chi connectivity index (χ0v) is 10.3. The van der Waals surface area contributed by atoms with Gasteiger partial charge in [-0.05, 0) is 6.92 Å². The summed E-state index contributed by atoms with van der Waals surface area (Å²) in [6.07, 6.45) is 5.22. The van der Waals surface area contributed by atoms with E-state index in [1.54, 1.807) is 17.3 Å². The molecule has 0 aliphatic heterocycles. The molecule has 0 bridgehead atoms. The first-order chi connectivity index (χ1) is 8.26. The van der Waals surface area contributed by atoms with Crippen LogP contribution in [0.3, 0.4) is 0 Å². The SMILES string of the molecule is C#CCN(CC#CC)CC(=O)Nc1nncs1. The Morgan fingerprint density at radius 3 is 3.06 bits per heavy atom. The molecule has 1 amide bonds. The average molecular weight is 248 g/mol. The van der Waals surface area contributed by atoms with Crippen molar-refractivity contribution in [1.82, 2.24) is 15.1 Å². The van der Waals surface area contributed by atoms with E-state index in [1.165, 1.54) is 11.3 Å². The molecule has 88 valence electrons. The Hall–Kier alpha value is -1.89. The van der Waals surface area contributed by atoms with Crippen molar-refractivity contribution in [3.8, 4) is 24.2 Å². The number of rotatable bonds is 5. The molecule has 1 rings (SSSR count). The topological polar surface area (TPSA) is 58.1 Å². The molecule has 0 aliphatic carbocycles. The Morgan fingerprint density at radius 1 is 1.65 bits per heavy atom. The molecule has 0 saturated carbocycles. The minimum atomic E-state index is -0.171. The first kappa shape index (κ1) is 13.2. The van der Waals surface area contributed by atoms with Gasteiger partial charge in [-0.2, -0.15) is 0 Å². The fourth-order valence-corrected chi connectivity index (χ4v) is 1.54. The van der Waals surface area contributed by atoms with Gasteiger partial charge in [-0.3, -0.25) is 15.0 Å². The van der Waals surface area contributed by atoms with E-state index in [1.807, 2.05) is 0 Å². The molecule has 6 heteroatoms. The Balaban J connectivity index is 2.45. The number of aromatic nitrogens is 2. The van der Waals surface area contributed by atoms with Crippen LogP contribution in [0.5, 0.6) is 0 Å². The molecule has 17 heavy (non-hydrogen) atoms. The van der Waals surface area contributed by atoms with Gasteiger partial charge < -0.3 is 0 Å². The van der Waals surface area contributed by atoms with Crippen molar-refractivity contribution in [2.75, 3.05) is 25.0 Å². The number of terminal acetylenes is 1. The van der Waals surface area contributed by atoms with Crippen LogP contribution in [0.15, 0.2) is 5.51 Å². The van der Waals surface area contributed by atoms with Crippen LogP contribution < -0.4 is 5.32 Å². The lowest BCUT2D eigenvalue weighted by molar-refractivity contribution is -0.117. The monoisotopic (exact) mass is 248 g/mol. The predicted octanol–water partition coefficient (Wildman–Crippen LogP) is 0.435. The third-order valence-corrected chi connectivity index (χ3v) is 2.37. The summed E-state index contributed by atoms with van der Waals surface area (Å²) in [6.45, 7) is 2.80. The van der Waals surface area contributed by atoms with Crippen molar-refractivity contribution in [3.05, 3.63) is 5.51 Å². The molecule has 0 saturated heterocycles. The number of hydrogen-bond donors (Lipinski definition) is 1. The summed E-state index contributed by atoms with van der Waals surface area (Å²) in [6, 6.07) is 0. The van der Waals surface area contributed by atoms with Gasteiger partial charge in [0.1, 0.15) is 5.51 Å². The number of nitrogens with zero attached hydrogens (tertiary/aromatic N) is 3. The minimum absolute atomic E-state index is 0.171. The number of carbonyl (C=O) groups is 1. The number of nitrogens with one attached hydrogen (secondary N) is 1. The van der Waals surface area contributed by atoms with E-state index in [4.69, 9.17) is 6.42 Å². The minimum Gasteiger partial charge on any atom is -0.299 e. The van der Waals surface area contributed by atoms with E-state index >= 15 is 0 Å². The van der Waals surface area contributed by atoms with Crippen LogP contribution in [-0.2, 0) is 4.79 Å². The van der Waals surface area contributed by atoms with E-state index < -0.39 is 0 Å². The molecule has 0 aromatic carbocycles. The molecule has 0 radical (unpaired) electrons. The molecule has 0 unspecified atom stereocenters. The van der Waals surface area contributed by atoms with Gasteiger partial charge in [0.15, 0.2) is 0 Å². The second-order valence-corrected chi connectivity index (χ2v) is 3.90. The van der Waals surface area contributed by atoms with Crippen LogP contribution in [0.1, 0.15) is 6.92 Å². The molecule has 0 fully saturated rings. The fraction of sp³-hybridized carbons (Fsp3) is 0.364. The van der Waals surface area contributed by atoms with Crippen molar-refractivity contribution in [1.29, 1.82) is 0 Å². The molecular weight excluding hydrogens is 236 g/mol. The molecule has 1 heterocycles. The molecule has 5 nitrogen and oxygen atoms in total. The van der Waals surface area contributed by atoms with Crippen LogP contribution in [0.25, 0.3) is 0 Å². The van der Waals surface area contributed by atoms with E-state index in [2.05, 4.69) is 33.3 Å². The largest absolute Gasteiger partial charge is 0.299 e. The Morgan fingerprint density at radius 2 is 2.47 bits per heavy atom. The zero-order chi connectivity index (χ0) is 12.5. The van der Waals surface area contributed by atoms with Gasteiger partial charge in [-0.1, -0.05) is 23.2 Å². The summed E-state index contributed by atoms with van der Waals surface area (Å²) >= 11 is 1.27. The summed E-state index contributed by atoms with van der Waals surface area (Å²) in [4.78, 5) is 13.4. The maximum Gasteiger partial charge on any atom is 0.240 e. The smallest absolute Gasteiger partial charge is 0.240 e. The number of hydrogen-bond acceptors (Lipinski definition) is 5. The second-order valence-electron chi connectivity index (χ2n) is 3.07. The van der Waals surface area contributed by atoms with Gasteiger partial charge in [0, 0.05) is 0 Å². The lowest BCUT2D eigenvalue weighted by Gasteiger charge is -2.15. The van der Waals surface area contributed by atoms with Crippen molar-refractivity contribution >= 4 is 22.4 Å². The third-order valence-electron chi connectivity index (χ3n) is 1.77. The summed E-state index contributed by atoms with van der Waals surface area (Å²) in [5, 5.41) is 10.5. The van der Waals surface area contributed by atoms with Crippen LogP contribution in [0.4, 0.5) is 5.13 Å². The van der Waals surface area contributed by atoms with Gasteiger partial charge in [0.25, 0.3) is 0 Å². The first-order valence-electron chi connectivity index (χ1n) is 4.87. The lowest BCUT2D eigenvalue weighted by Crippen LogP contribution is -2.33. The van der Waals surface area contributed by atoms with Gasteiger partial charge >= 0.3 is 0 Å². The number of amides is 1. The maximum absolute atomic E-state index is 11.6. The summed E-state index contributed by atoms with van der Waals surface area (Å²) in [5.74, 6) is 7.96. The van der Waals surface area contributed by atoms with Crippen molar-refractivity contribution in [3.63, 3.8) is 0 Å². The molecular formula is C11H12N4OS. The molecule has 1 aromatic heterocycles. The predicted molar refractivity (Wildman–Crippen MR) is 67.3 cm³/mol. The van der Waals surface area contributed by atoms with Crippen molar-refractivity contribution in [2.24, 2.45) is 0 Å². The zero-order valence-electron chi connectivity index (χ0n) is 9.43. The third kappa shape index (κ3) is 5.12. The Bertz CT molecular complexity index is 452. The van der Waals surface area contributed by atoms with Crippen LogP contribution in [0, 0.1) is 24.2 Å². The highest BCUT2D eigenvalue weighted by molar-refractivity contribution is 7.13. The highest BCUT2D eigenvalue weighted by atomic mass is 32.1. The van der Waals surface area contributed by atoms with E-state index in [-0.39, 0.29) is 12.5 Å². The Kier molecular flexibility index (Phi) is 5.73. The summed E-state index contributed by atoms with van der Waals surface area (Å²) in [5.41, 5.74) is 1.55. The second kappa shape index (κ2) is 7.39. The molecule has 0 spiro atoms. The van der Waals surface area contributed by atoms with E-state index in [0.29, 0.717) is 18.2 Å². The first-order valence-corrected chi connectivity index (χ1v) is 5.75. The van der Waals surface area contributed by atoms with Gasteiger partial charge in [0.2, 0.25) is 11.0 Å². The Labute approximate surface area is 104 Å². The van der Waals surface area contributed by atoms with Crippen LogP contribution >= 0.6 is 11.3 Å². The molecule has 0 aliphatic rings. The van der Waals surface area contributed by atoms with Crippen LogP contribution in [-0.4, -0.2) is 40.6 Å². The summed E-state index contributed by atoms with van der Waals surface area (Å²) < 4.78 is 0. The fourth-order valence-electron chi connectivity index (χ4n) is 1.08. The highest BCUT2D eigenvalue weighted by Gasteiger charge is 2.10. The van der Waals surface area contributed by atoms with E-state index in [9.17, 15) is 4.79 Å². The normalized spacial score (nSPS) is 9.24. The summed E-state index contributed by atoms with van der Waals surface area (Å²) in [7, 11) is 0. The van der Waals surface area contributed by atoms with Gasteiger partial charge in [0.05, 0.1) is 19.6 Å². The van der Waals surface area contributed by atoms with Gasteiger partial charge in [-0.25, -0.2) is 0 Å².